The average Bonchev–Trinajstić information content (AvgIpc) is 3.05. The Morgan fingerprint density at radius 3 is 2.26 bits per heavy atom. The predicted octanol–water partition coefficient (Wildman–Crippen LogP) is 2.79. The van der Waals surface area contributed by atoms with Crippen LogP contribution in [0.4, 0.5) is 0 Å². The smallest absolute Gasteiger partial charge is 0.268 e. The summed E-state index contributed by atoms with van der Waals surface area (Å²) in [5.41, 5.74) is 6.13. The van der Waals surface area contributed by atoms with Gasteiger partial charge in [0, 0.05) is 25.2 Å². The van der Waals surface area contributed by atoms with E-state index < -0.39 is 5.54 Å². The van der Waals surface area contributed by atoms with Crippen LogP contribution in [-0.2, 0) is 17.4 Å². The van der Waals surface area contributed by atoms with Gasteiger partial charge in [-0.2, -0.15) is 0 Å². The molecule has 5 N–H and O–H groups in total. The second-order valence-corrected chi connectivity index (χ2v) is 7.24. The molecule has 0 fully saturated rings. The number of amides is 2. The Morgan fingerprint density at radius 1 is 1.22 bits per heavy atom. The summed E-state index contributed by atoms with van der Waals surface area (Å²) in [5, 5.41) is 13.6. The standard InChI is InChI=1S/C20H35N5O2/c1-6-19(7-2,11-10-17(21)22)24-18(27)16-12-15(13-25(16)5)20(8-3,9-4)23-14-26/h12-14H,6-11H2,1-5H3,(H3,21,22)(H,23,26)(H,24,27). The second kappa shape index (κ2) is 9.58. The Labute approximate surface area is 162 Å². The lowest BCUT2D eigenvalue weighted by Gasteiger charge is -2.33. The van der Waals surface area contributed by atoms with Crippen LogP contribution in [0.5, 0.6) is 0 Å². The molecule has 1 aromatic heterocycles. The first-order valence-corrected chi connectivity index (χ1v) is 9.76. The van der Waals surface area contributed by atoms with Gasteiger partial charge in [0.15, 0.2) is 0 Å². The van der Waals surface area contributed by atoms with Crippen molar-refractivity contribution in [3.8, 4) is 0 Å². The first-order chi connectivity index (χ1) is 12.7. The highest BCUT2D eigenvalue weighted by atomic mass is 16.2. The Morgan fingerprint density at radius 2 is 1.81 bits per heavy atom. The van der Waals surface area contributed by atoms with Gasteiger partial charge in [-0.25, -0.2) is 0 Å². The molecule has 1 aromatic rings. The summed E-state index contributed by atoms with van der Waals surface area (Å²) in [5.74, 6) is -0.0181. The lowest BCUT2D eigenvalue weighted by atomic mass is 9.86. The topological polar surface area (TPSA) is 113 Å². The van der Waals surface area contributed by atoms with Crippen molar-refractivity contribution in [1.29, 1.82) is 5.41 Å². The molecule has 0 unspecified atom stereocenters. The molecule has 0 saturated heterocycles. The van der Waals surface area contributed by atoms with E-state index in [1.807, 2.05) is 47.0 Å². The van der Waals surface area contributed by atoms with Gasteiger partial charge < -0.3 is 20.9 Å². The SMILES string of the molecule is CCC(CC)(CCC(=N)N)NC(=O)c1cc(C(CC)(CC)NC=O)cn1C. The number of hydrogen-bond acceptors (Lipinski definition) is 3. The molecular weight excluding hydrogens is 342 g/mol. The van der Waals surface area contributed by atoms with Crippen molar-refractivity contribution in [1.82, 2.24) is 15.2 Å². The minimum Gasteiger partial charge on any atom is -0.388 e. The fourth-order valence-electron chi connectivity index (χ4n) is 3.63. The molecule has 0 radical (unpaired) electrons. The van der Waals surface area contributed by atoms with E-state index in [-0.39, 0.29) is 17.3 Å². The highest BCUT2D eigenvalue weighted by Crippen LogP contribution is 2.30. The van der Waals surface area contributed by atoms with Gasteiger partial charge in [-0.1, -0.05) is 27.7 Å². The molecule has 1 heterocycles. The van der Waals surface area contributed by atoms with Gasteiger partial charge in [-0.3, -0.25) is 15.0 Å². The monoisotopic (exact) mass is 377 g/mol. The van der Waals surface area contributed by atoms with E-state index >= 15 is 0 Å². The van der Waals surface area contributed by atoms with E-state index in [0.29, 0.717) is 18.5 Å². The maximum atomic E-state index is 13.0. The number of nitrogens with two attached hydrogens (primary N) is 1. The quantitative estimate of drug-likeness (QED) is 0.255. The average molecular weight is 378 g/mol. The summed E-state index contributed by atoms with van der Waals surface area (Å²) in [7, 11) is 1.84. The second-order valence-electron chi connectivity index (χ2n) is 7.24. The van der Waals surface area contributed by atoms with E-state index in [1.165, 1.54) is 0 Å². The van der Waals surface area contributed by atoms with Crippen molar-refractivity contribution in [2.45, 2.75) is 77.3 Å². The number of carbonyl (C=O) groups is 2. The lowest BCUT2D eigenvalue weighted by molar-refractivity contribution is -0.111. The Kier molecular flexibility index (Phi) is 8.06. The first-order valence-electron chi connectivity index (χ1n) is 9.76. The van der Waals surface area contributed by atoms with E-state index in [2.05, 4.69) is 10.6 Å². The van der Waals surface area contributed by atoms with E-state index in [0.717, 1.165) is 37.7 Å². The van der Waals surface area contributed by atoms with E-state index in [1.54, 1.807) is 4.57 Å². The number of nitrogens with zero attached hydrogens (tertiary/aromatic N) is 1. The molecule has 7 heteroatoms. The maximum Gasteiger partial charge on any atom is 0.268 e. The molecule has 0 bridgehead atoms. The third kappa shape index (κ3) is 5.11. The molecule has 0 saturated carbocycles. The minimum atomic E-state index is -0.473. The Bertz CT molecular complexity index is 657. The number of rotatable bonds is 12. The Hall–Kier alpha value is -2.31. The predicted molar refractivity (Wildman–Crippen MR) is 109 cm³/mol. The molecule has 152 valence electrons. The molecule has 0 aliphatic heterocycles. The maximum absolute atomic E-state index is 13.0. The van der Waals surface area contributed by atoms with Crippen LogP contribution < -0.4 is 16.4 Å². The third-order valence-corrected chi connectivity index (χ3v) is 5.94. The summed E-state index contributed by atoms with van der Waals surface area (Å²) in [4.78, 5) is 24.1. The normalized spacial score (nSPS) is 11.9. The van der Waals surface area contributed by atoms with Crippen LogP contribution >= 0.6 is 0 Å². The molecule has 0 aliphatic rings. The fraction of sp³-hybridized carbons (Fsp3) is 0.650. The number of hydrogen-bond donors (Lipinski definition) is 4. The molecule has 7 nitrogen and oxygen atoms in total. The fourth-order valence-corrected chi connectivity index (χ4v) is 3.63. The number of aromatic nitrogens is 1. The lowest BCUT2D eigenvalue weighted by Crippen LogP contribution is -2.48. The van der Waals surface area contributed by atoms with Gasteiger partial charge in [0.25, 0.3) is 5.91 Å². The number of aryl methyl sites for hydroxylation is 1. The van der Waals surface area contributed by atoms with Gasteiger partial charge in [0.2, 0.25) is 6.41 Å². The van der Waals surface area contributed by atoms with Crippen molar-refractivity contribution in [3.05, 3.63) is 23.5 Å². The van der Waals surface area contributed by atoms with Crippen molar-refractivity contribution in [2.75, 3.05) is 0 Å². The van der Waals surface area contributed by atoms with Crippen LogP contribution in [-0.4, -0.2) is 28.3 Å². The Balaban J connectivity index is 3.15. The van der Waals surface area contributed by atoms with E-state index in [4.69, 9.17) is 11.1 Å². The van der Waals surface area contributed by atoms with Crippen LogP contribution in [0.2, 0.25) is 0 Å². The van der Waals surface area contributed by atoms with Gasteiger partial charge in [-0.05, 0) is 43.7 Å². The summed E-state index contributed by atoms with van der Waals surface area (Å²) >= 11 is 0. The molecular formula is C20H35N5O2. The van der Waals surface area contributed by atoms with Crippen LogP contribution in [0.1, 0.15) is 82.3 Å². The molecule has 2 amide bonds. The van der Waals surface area contributed by atoms with Crippen LogP contribution in [0.25, 0.3) is 0 Å². The van der Waals surface area contributed by atoms with Gasteiger partial charge >= 0.3 is 0 Å². The zero-order chi connectivity index (χ0) is 20.7. The number of nitrogens with one attached hydrogen (secondary N) is 3. The number of amidine groups is 1. The van der Waals surface area contributed by atoms with Crippen molar-refractivity contribution < 1.29 is 9.59 Å². The summed E-state index contributed by atoms with van der Waals surface area (Å²) in [6.07, 6.45) is 6.73. The summed E-state index contributed by atoms with van der Waals surface area (Å²) < 4.78 is 1.80. The van der Waals surface area contributed by atoms with Gasteiger partial charge in [0.1, 0.15) is 5.69 Å². The third-order valence-electron chi connectivity index (χ3n) is 5.94. The summed E-state index contributed by atoms with van der Waals surface area (Å²) in [6.45, 7) is 8.11. The molecule has 0 atom stereocenters. The van der Waals surface area contributed by atoms with Crippen molar-refractivity contribution in [3.63, 3.8) is 0 Å². The van der Waals surface area contributed by atoms with Crippen LogP contribution in [0.15, 0.2) is 12.3 Å². The molecule has 0 aromatic carbocycles. The molecule has 0 aliphatic carbocycles. The summed E-state index contributed by atoms with van der Waals surface area (Å²) in [6, 6.07) is 1.86. The van der Waals surface area contributed by atoms with Crippen LogP contribution in [0, 0.1) is 5.41 Å². The van der Waals surface area contributed by atoms with Crippen molar-refractivity contribution in [2.24, 2.45) is 12.8 Å². The van der Waals surface area contributed by atoms with Gasteiger partial charge in [-0.15, -0.1) is 0 Å². The molecule has 1 rings (SSSR count). The zero-order valence-electron chi connectivity index (χ0n) is 17.3. The van der Waals surface area contributed by atoms with Crippen LogP contribution in [0.3, 0.4) is 0 Å². The van der Waals surface area contributed by atoms with Gasteiger partial charge in [0.05, 0.1) is 11.4 Å². The largest absolute Gasteiger partial charge is 0.388 e. The van der Waals surface area contributed by atoms with Crippen molar-refractivity contribution >= 4 is 18.2 Å². The minimum absolute atomic E-state index is 0.132. The highest BCUT2D eigenvalue weighted by Gasteiger charge is 2.32. The molecule has 0 spiro atoms. The first kappa shape index (κ1) is 22.7. The van der Waals surface area contributed by atoms with E-state index in [9.17, 15) is 9.59 Å². The zero-order valence-corrected chi connectivity index (χ0v) is 17.3. The molecule has 27 heavy (non-hydrogen) atoms. The number of carbonyl (C=O) groups excluding carboxylic acids is 2. The highest BCUT2D eigenvalue weighted by molar-refractivity contribution is 5.93.